The number of hydrogen-bond donors (Lipinski definition) is 1. The van der Waals surface area contributed by atoms with Crippen LogP contribution in [0.1, 0.15) is 5.56 Å². The first-order chi connectivity index (χ1) is 9.22. The Kier molecular flexibility index (Phi) is 3.13. The summed E-state index contributed by atoms with van der Waals surface area (Å²) in [5, 5.41) is 3.08. The van der Waals surface area contributed by atoms with Gasteiger partial charge in [0.1, 0.15) is 11.6 Å². The van der Waals surface area contributed by atoms with Crippen LogP contribution in [0, 0.1) is 11.6 Å². The number of hydrogen-bond acceptors (Lipinski definition) is 3. The van der Waals surface area contributed by atoms with Gasteiger partial charge in [-0.25, -0.2) is 13.8 Å². The molecule has 1 aromatic heterocycles. The van der Waals surface area contributed by atoms with E-state index in [1.54, 1.807) is 16.8 Å². The molecule has 0 aliphatic carbocycles. The van der Waals surface area contributed by atoms with Gasteiger partial charge in [0.15, 0.2) is 0 Å². The molecule has 1 N–H and O–H groups in total. The third-order valence-corrected chi connectivity index (χ3v) is 3.61. The summed E-state index contributed by atoms with van der Waals surface area (Å²) in [6.45, 7) is 0.244. The Morgan fingerprint density at radius 2 is 2.00 bits per heavy atom. The molecule has 0 saturated carbocycles. The van der Waals surface area contributed by atoms with Crippen molar-refractivity contribution in [2.24, 2.45) is 0 Å². The molecular weight excluding hydrogens is 266 g/mol. The quantitative estimate of drug-likeness (QED) is 0.776. The van der Waals surface area contributed by atoms with Gasteiger partial charge in [-0.2, -0.15) is 0 Å². The SMILES string of the molecule is Fc1ccc(F)c(CNc2ccc3ncsc3c2)c1. The molecule has 0 radical (unpaired) electrons. The second kappa shape index (κ2) is 4.93. The molecule has 3 rings (SSSR count). The van der Waals surface area contributed by atoms with E-state index in [1.165, 1.54) is 6.07 Å². The fourth-order valence-corrected chi connectivity index (χ4v) is 2.56. The molecular formula is C14H10F2N2S. The molecule has 0 spiro atoms. The molecule has 3 aromatic rings. The van der Waals surface area contributed by atoms with E-state index in [0.717, 1.165) is 28.0 Å². The van der Waals surface area contributed by atoms with Crippen molar-refractivity contribution in [3.8, 4) is 0 Å². The predicted molar refractivity (Wildman–Crippen MR) is 73.3 cm³/mol. The summed E-state index contributed by atoms with van der Waals surface area (Å²) in [4.78, 5) is 4.18. The fourth-order valence-electron chi connectivity index (χ4n) is 1.84. The van der Waals surface area contributed by atoms with E-state index in [-0.39, 0.29) is 6.54 Å². The standard InChI is InChI=1S/C14H10F2N2S/c15-10-1-3-12(16)9(5-10)7-17-11-2-4-13-14(6-11)19-8-18-13/h1-6,8,17H,7H2. The van der Waals surface area contributed by atoms with Crippen LogP contribution in [0.4, 0.5) is 14.5 Å². The van der Waals surface area contributed by atoms with Crippen molar-refractivity contribution >= 4 is 27.2 Å². The van der Waals surface area contributed by atoms with Gasteiger partial charge in [-0.1, -0.05) is 0 Å². The number of halogens is 2. The molecule has 0 bridgehead atoms. The van der Waals surface area contributed by atoms with Gasteiger partial charge in [0.25, 0.3) is 0 Å². The van der Waals surface area contributed by atoms with E-state index in [0.29, 0.717) is 5.56 Å². The highest BCUT2D eigenvalue weighted by atomic mass is 32.1. The maximum Gasteiger partial charge on any atom is 0.128 e. The minimum Gasteiger partial charge on any atom is -0.381 e. The molecule has 0 fully saturated rings. The summed E-state index contributed by atoms with van der Waals surface area (Å²) >= 11 is 1.54. The molecule has 0 atom stereocenters. The highest BCUT2D eigenvalue weighted by Gasteiger charge is 2.04. The molecule has 0 aliphatic rings. The van der Waals surface area contributed by atoms with Gasteiger partial charge < -0.3 is 5.32 Å². The van der Waals surface area contributed by atoms with Gasteiger partial charge in [0.05, 0.1) is 15.7 Å². The van der Waals surface area contributed by atoms with Crippen LogP contribution < -0.4 is 5.32 Å². The molecule has 2 nitrogen and oxygen atoms in total. The van der Waals surface area contributed by atoms with Crippen molar-refractivity contribution in [3.05, 3.63) is 59.1 Å². The second-order valence-electron chi connectivity index (χ2n) is 4.12. The van der Waals surface area contributed by atoms with E-state index in [4.69, 9.17) is 0 Å². The van der Waals surface area contributed by atoms with E-state index >= 15 is 0 Å². The average molecular weight is 276 g/mol. The summed E-state index contributed by atoms with van der Waals surface area (Å²) in [7, 11) is 0. The van der Waals surface area contributed by atoms with Crippen LogP contribution in [0.5, 0.6) is 0 Å². The van der Waals surface area contributed by atoms with E-state index in [2.05, 4.69) is 10.3 Å². The Labute approximate surface area is 112 Å². The Morgan fingerprint density at radius 1 is 1.11 bits per heavy atom. The zero-order chi connectivity index (χ0) is 13.2. The summed E-state index contributed by atoms with van der Waals surface area (Å²) < 4.78 is 27.6. The lowest BCUT2D eigenvalue weighted by molar-refractivity contribution is 0.587. The number of anilines is 1. The van der Waals surface area contributed by atoms with E-state index < -0.39 is 11.6 Å². The van der Waals surface area contributed by atoms with Crippen LogP contribution in [0.25, 0.3) is 10.2 Å². The molecule has 0 amide bonds. The average Bonchev–Trinajstić information content (AvgIpc) is 2.87. The zero-order valence-electron chi connectivity index (χ0n) is 9.86. The fraction of sp³-hybridized carbons (Fsp3) is 0.0714. The minimum atomic E-state index is -0.434. The Bertz CT molecular complexity index is 724. The van der Waals surface area contributed by atoms with Crippen molar-refractivity contribution in [2.45, 2.75) is 6.54 Å². The highest BCUT2D eigenvalue weighted by Crippen LogP contribution is 2.22. The topological polar surface area (TPSA) is 24.9 Å². The molecule has 0 unspecified atom stereocenters. The van der Waals surface area contributed by atoms with Crippen molar-refractivity contribution in [1.29, 1.82) is 0 Å². The Balaban J connectivity index is 1.79. The van der Waals surface area contributed by atoms with Gasteiger partial charge in [0.2, 0.25) is 0 Å². The number of fused-ring (bicyclic) bond motifs is 1. The summed E-state index contributed by atoms with van der Waals surface area (Å²) in [6, 6.07) is 9.17. The van der Waals surface area contributed by atoms with Crippen LogP contribution in [0.2, 0.25) is 0 Å². The number of nitrogens with zero attached hydrogens (tertiary/aromatic N) is 1. The normalized spacial score (nSPS) is 10.8. The molecule has 0 saturated heterocycles. The van der Waals surface area contributed by atoms with Crippen LogP contribution in [0.15, 0.2) is 41.9 Å². The third-order valence-electron chi connectivity index (χ3n) is 2.82. The first kappa shape index (κ1) is 12.0. The lowest BCUT2D eigenvalue weighted by Gasteiger charge is -2.07. The van der Waals surface area contributed by atoms with Crippen LogP contribution in [-0.4, -0.2) is 4.98 Å². The van der Waals surface area contributed by atoms with Crippen molar-refractivity contribution in [3.63, 3.8) is 0 Å². The largest absolute Gasteiger partial charge is 0.381 e. The van der Waals surface area contributed by atoms with Crippen molar-refractivity contribution in [2.75, 3.05) is 5.32 Å². The molecule has 19 heavy (non-hydrogen) atoms. The molecule has 96 valence electrons. The van der Waals surface area contributed by atoms with E-state index in [9.17, 15) is 8.78 Å². The Morgan fingerprint density at radius 3 is 2.89 bits per heavy atom. The molecule has 5 heteroatoms. The lowest BCUT2D eigenvalue weighted by Crippen LogP contribution is -2.02. The summed E-state index contributed by atoms with van der Waals surface area (Å²) in [6.07, 6.45) is 0. The van der Waals surface area contributed by atoms with Crippen LogP contribution >= 0.6 is 11.3 Å². The number of thiazole rings is 1. The smallest absolute Gasteiger partial charge is 0.128 e. The van der Waals surface area contributed by atoms with Gasteiger partial charge in [-0.3, -0.25) is 0 Å². The predicted octanol–water partition coefficient (Wildman–Crippen LogP) is 4.19. The summed E-state index contributed by atoms with van der Waals surface area (Å²) in [5.41, 5.74) is 3.89. The molecule has 2 aromatic carbocycles. The molecule has 0 aliphatic heterocycles. The second-order valence-corrected chi connectivity index (χ2v) is 5.01. The number of aromatic nitrogens is 1. The van der Waals surface area contributed by atoms with Crippen LogP contribution in [0.3, 0.4) is 0 Å². The van der Waals surface area contributed by atoms with Gasteiger partial charge in [-0.15, -0.1) is 11.3 Å². The highest BCUT2D eigenvalue weighted by molar-refractivity contribution is 7.16. The first-order valence-corrected chi connectivity index (χ1v) is 6.61. The number of rotatable bonds is 3. The Hall–Kier alpha value is -2.01. The zero-order valence-corrected chi connectivity index (χ0v) is 10.7. The number of benzene rings is 2. The maximum absolute atomic E-state index is 13.5. The van der Waals surface area contributed by atoms with Crippen molar-refractivity contribution in [1.82, 2.24) is 4.98 Å². The number of nitrogens with one attached hydrogen (secondary N) is 1. The molecule has 1 heterocycles. The lowest BCUT2D eigenvalue weighted by atomic mass is 10.2. The maximum atomic E-state index is 13.5. The summed E-state index contributed by atoms with van der Waals surface area (Å²) in [5.74, 6) is -0.844. The monoisotopic (exact) mass is 276 g/mol. The van der Waals surface area contributed by atoms with Crippen LogP contribution in [-0.2, 0) is 6.54 Å². The van der Waals surface area contributed by atoms with Gasteiger partial charge in [-0.05, 0) is 36.4 Å². The third kappa shape index (κ3) is 2.56. The van der Waals surface area contributed by atoms with Gasteiger partial charge >= 0.3 is 0 Å². The van der Waals surface area contributed by atoms with Crippen molar-refractivity contribution < 1.29 is 8.78 Å². The first-order valence-electron chi connectivity index (χ1n) is 5.73. The minimum absolute atomic E-state index is 0.244. The van der Waals surface area contributed by atoms with E-state index in [1.807, 2.05) is 18.2 Å². The van der Waals surface area contributed by atoms with Gasteiger partial charge in [0, 0.05) is 17.8 Å².